The number of benzene rings is 1. The Labute approximate surface area is 135 Å². The largest absolute Gasteiger partial charge is 0.370 e. The van der Waals surface area contributed by atoms with Crippen molar-refractivity contribution < 1.29 is 4.79 Å². The van der Waals surface area contributed by atoms with Gasteiger partial charge in [0.1, 0.15) is 0 Å². The molecule has 4 rings (SSSR count). The van der Waals surface area contributed by atoms with E-state index in [2.05, 4.69) is 22.3 Å². The van der Waals surface area contributed by atoms with Crippen LogP contribution < -0.4 is 10.2 Å². The van der Waals surface area contributed by atoms with Crippen LogP contribution in [-0.2, 0) is 12.8 Å². The third-order valence-electron chi connectivity index (χ3n) is 4.57. The molecule has 1 aromatic carbocycles. The molecule has 114 valence electrons. The molecular formula is C18H20N2OS. The van der Waals surface area contributed by atoms with E-state index in [9.17, 15) is 4.79 Å². The summed E-state index contributed by atoms with van der Waals surface area (Å²) in [7, 11) is 0. The first-order chi connectivity index (χ1) is 10.8. The van der Waals surface area contributed by atoms with Crippen LogP contribution in [0.25, 0.3) is 0 Å². The maximum atomic E-state index is 12.6. The van der Waals surface area contributed by atoms with E-state index >= 15 is 0 Å². The molecule has 1 amide bonds. The first-order valence-corrected chi connectivity index (χ1v) is 8.90. The minimum absolute atomic E-state index is 0.0334. The van der Waals surface area contributed by atoms with Gasteiger partial charge in [0.15, 0.2) is 0 Å². The van der Waals surface area contributed by atoms with Crippen molar-refractivity contribution in [3.8, 4) is 0 Å². The highest BCUT2D eigenvalue weighted by atomic mass is 32.1. The predicted molar refractivity (Wildman–Crippen MR) is 92.2 cm³/mol. The zero-order valence-electron chi connectivity index (χ0n) is 12.6. The number of rotatable bonds is 3. The molecule has 0 saturated carbocycles. The molecule has 2 aliphatic rings. The summed E-state index contributed by atoms with van der Waals surface area (Å²) >= 11 is 1.66. The number of amides is 1. The molecule has 1 fully saturated rings. The lowest BCUT2D eigenvalue weighted by Crippen LogP contribution is -2.20. The molecule has 1 aliphatic carbocycles. The van der Waals surface area contributed by atoms with Crippen molar-refractivity contribution in [3.05, 3.63) is 45.6 Å². The Kier molecular flexibility index (Phi) is 3.62. The van der Waals surface area contributed by atoms with Gasteiger partial charge < -0.3 is 10.2 Å². The second-order valence-corrected chi connectivity index (χ2v) is 7.21. The number of thiophene rings is 1. The molecule has 0 unspecified atom stereocenters. The van der Waals surface area contributed by atoms with Gasteiger partial charge in [0.25, 0.3) is 5.91 Å². The molecule has 0 radical (unpaired) electrons. The van der Waals surface area contributed by atoms with E-state index < -0.39 is 0 Å². The number of aryl methyl sites for hydroxylation is 2. The van der Waals surface area contributed by atoms with Gasteiger partial charge in [0.2, 0.25) is 0 Å². The fourth-order valence-corrected chi connectivity index (χ4v) is 4.59. The lowest BCUT2D eigenvalue weighted by Gasteiger charge is -2.21. The Morgan fingerprint density at radius 3 is 2.73 bits per heavy atom. The van der Waals surface area contributed by atoms with Crippen LogP contribution in [0.4, 0.5) is 11.4 Å². The number of nitrogens with one attached hydrogen (secondary N) is 1. The van der Waals surface area contributed by atoms with Gasteiger partial charge >= 0.3 is 0 Å². The van der Waals surface area contributed by atoms with Gasteiger partial charge in [-0.25, -0.2) is 0 Å². The average Bonchev–Trinajstić information content (AvgIpc) is 3.24. The molecule has 0 atom stereocenters. The van der Waals surface area contributed by atoms with Gasteiger partial charge in [-0.15, -0.1) is 11.3 Å². The number of carbonyl (C=O) groups is 1. The molecule has 1 N–H and O–H groups in total. The number of para-hydroxylation sites is 2. The van der Waals surface area contributed by atoms with Crippen LogP contribution in [-0.4, -0.2) is 19.0 Å². The number of nitrogens with zero attached hydrogens (tertiary/aromatic N) is 1. The molecule has 3 nitrogen and oxygen atoms in total. The molecule has 4 heteroatoms. The maximum absolute atomic E-state index is 12.6. The summed E-state index contributed by atoms with van der Waals surface area (Å²) in [6, 6.07) is 10.2. The van der Waals surface area contributed by atoms with Crippen molar-refractivity contribution in [1.82, 2.24) is 0 Å². The van der Waals surface area contributed by atoms with Gasteiger partial charge in [-0.3, -0.25) is 4.79 Å². The van der Waals surface area contributed by atoms with E-state index in [1.807, 2.05) is 18.2 Å². The van der Waals surface area contributed by atoms with Crippen LogP contribution >= 0.6 is 11.3 Å². The standard InChI is InChI=1S/C18H20N2OS/c21-18(17-12-13-6-5-9-16(13)22-17)19-14-7-1-2-8-15(14)20-10-3-4-11-20/h1-2,7-8,12H,3-6,9-11H2,(H,19,21). The fourth-order valence-electron chi connectivity index (χ4n) is 3.44. The summed E-state index contributed by atoms with van der Waals surface area (Å²) in [4.78, 5) is 17.2. The minimum Gasteiger partial charge on any atom is -0.370 e. The monoisotopic (exact) mass is 312 g/mol. The van der Waals surface area contributed by atoms with Crippen LogP contribution in [0.15, 0.2) is 30.3 Å². The topological polar surface area (TPSA) is 32.3 Å². The van der Waals surface area contributed by atoms with Crippen molar-refractivity contribution in [1.29, 1.82) is 0 Å². The summed E-state index contributed by atoms with van der Waals surface area (Å²) in [6.45, 7) is 2.17. The summed E-state index contributed by atoms with van der Waals surface area (Å²) in [5, 5.41) is 3.12. The lowest BCUT2D eigenvalue weighted by atomic mass is 10.2. The predicted octanol–water partition coefficient (Wildman–Crippen LogP) is 4.09. The van der Waals surface area contributed by atoms with E-state index in [1.54, 1.807) is 11.3 Å². The summed E-state index contributed by atoms with van der Waals surface area (Å²) < 4.78 is 0. The Morgan fingerprint density at radius 1 is 1.09 bits per heavy atom. The maximum Gasteiger partial charge on any atom is 0.265 e. The highest BCUT2D eigenvalue weighted by molar-refractivity contribution is 7.14. The van der Waals surface area contributed by atoms with Crippen LogP contribution in [0.2, 0.25) is 0 Å². The van der Waals surface area contributed by atoms with E-state index in [0.29, 0.717) is 0 Å². The highest BCUT2D eigenvalue weighted by Crippen LogP contribution is 2.32. The Balaban J connectivity index is 1.56. The van der Waals surface area contributed by atoms with Gasteiger partial charge in [-0.2, -0.15) is 0 Å². The van der Waals surface area contributed by atoms with E-state index in [-0.39, 0.29) is 5.91 Å². The number of hydrogen-bond donors (Lipinski definition) is 1. The third-order valence-corrected chi connectivity index (χ3v) is 5.81. The zero-order valence-corrected chi connectivity index (χ0v) is 13.4. The van der Waals surface area contributed by atoms with Crippen molar-refractivity contribution in [3.63, 3.8) is 0 Å². The smallest absolute Gasteiger partial charge is 0.265 e. The summed E-state index contributed by atoms with van der Waals surface area (Å²) in [5.74, 6) is 0.0334. The normalized spacial score (nSPS) is 16.8. The quantitative estimate of drug-likeness (QED) is 0.926. The SMILES string of the molecule is O=C(Nc1ccccc1N1CCCC1)c1cc2c(s1)CCC2. The van der Waals surface area contributed by atoms with Gasteiger partial charge in [0.05, 0.1) is 16.3 Å². The number of anilines is 2. The average molecular weight is 312 g/mol. The van der Waals surface area contributed by atoms with Crippen molar-refractivity contribution in [2.24, 2.45) is 0 Å². The molecule has 0 bridgehead atoms. The Bertz CT molecular complexity index is 679. The van der Waals surface area contributed by atoms with Crippen LogP contribution in [0.1, 0.15) is 39.4 Å². The molecule has 1 aromatic heterocycles. The van der Waals surface area contributed by atoms with Gasteiger partial charge in [-0.1, -0.05) is 12.1 Å². The second kappa shape index (κ2) is 5.76. The lowest BCUT2D eigenvalue weighted by molar-refractivity contribution is 0.103. The van der Waals surface area contributed by atoms with E-state index in [4.69, 9.17) is 0 Å². The van der Waals surface area contributed by atoms with Crippen molar-refractivity contribution in [2.45, 2.75) is 32.1 Å². The number of fused-ring (bicyclic) bond motifs is 1. The third kappa shape index (κ3) is 2.52. The zero-order chi connectivity index (χ0) is 14.9. The van der Waals surface area contributed by atoms with Gasteiger partial charge in [0, 0.05) is 18.0 Å². The van der Waals surface area contributed by atoms with Crippen molar-refractivity contribution >= 4 is 28.6 Å². The molecular weight excluding hydrogens is 292 g/mol. The van der Waals surface area contributed by atoms with Crippen LogP contribution in [0, 0.1) is 0 Å². The number of hydrogen-bond acceptors (Lipinski definition) is 3. The van der Waals surface area contributed by atoms with Gasteiger partial charge in [-0.05, 0) is 55.9 Å². The summed E-state index contributed by atoms with van der Waals surface area (Å²) in [6.07, 6.45) is 5.97. The van der Waals surface area contributed by atoms with E-state index in [0.717, 1.165) is 42.2 Å². The molecule has 1 aliphatic heterocycles. The molecule has 2 aromatic rings. The first kappa shape index (κ1) is 13.8. The van der Waals surface area contributed by atoms with Crippen LogP contribution in [0.3, 0.4) is 0 Å². The van der Waals surface area contributed by atoms with Crippen molar-refractivity contribution in [2.75, 3.05) is 23.3 Å². The summed E-state index contributed by atoms with van der Waals surface area (Å²) in [5.41, 5.74) is 3.46. The molecule has 2 heterocycles. The molecule has 0 spiro atoms. The molecule has 22 heavy (non-hydrogen) atoms. The first-order valence-electron chi connectivity index (χ1n) is 8.08. The fraction of sp³-hybridized carbons (Fsp3) is 0.389. The molecule has 1 saturated heterocycles. The Hall–Kier alpha value is -1.81. The number of carbonyl (C=O) groups excluding carboxylic acids is 1. The second-order valence-electron chi connectivity index (χ2n) is 6.08. The minimum atomic E-state index is 0.0334. The Morgan fingerprint density at radius 2 is 1.91 bits per heavy atom. The van der Waals surface area contributed by atoms with E-state index in [1.165, 1.54) is 29.7 Å². The van der Waals surface area contributed by atoms with Crippen LogP contribution in [0.5, 0.6) is 0 Å². The highest BCUT2D eigenvalue weighted by Gasteiger charge is 2.20.